The van der Waals surface area contributed by atoms with Crippen LogP contribution in [0, 0.1) is 0 Å². The minimum absolute atomic E-state index is 0.0773. The largest absolute Gasteiger partial charge is 0.378 e. The van der Waals surface area contributed by atoms with Crippen LogP contribution in [0.5, 0.6) is 0 Å². The van der Waals surface area contributed by atoms with E-state index < -0.39 is 10.1 Å². The van der Waals surface area contributed by atoms with E-state index in [2.05, 4.69) is 58.3 Å². The summed E-state index contributed by atoms with van der Waals surface area (Å²) in [5, 5.41) is 1.31. The van der Waals surface area contributed by atoms with Gasteiger partial charge in [0.25, 0.3) is 10.1 Å². The van der Waals surface area contributed by atoms with Gasteiger partial charge in [0.15, 0.2) is 0 Å². The van der Waals surface area contributed by atoms with Gasteiger partial charge in [-0.3, -0.25) is 4.55 Å². The Morgan fingerprint density at radius 3 is 1.52 bits per heavy atom. The van der Waals surface area contributed by atoms with Gasteiger partial charge in [-0.15, -0.1) is 0 Å². The Labute approximate surface area is 195 Å². The monoisotopic (exact) mass is 460 g/mol. The van der Waals surface area contributed by atoms with E-state index in [0.29, 0.717) is 5.39 Å². The lowest BCUT2D eigenvalue weighted by atomic mass is 9.82. The summed E-state index contributed by atoms with van der Waals surface area (Å²) in [5.74, 6) is -0.113. The van der Waals surface area contributed by atoms with Gasteiger partial charge in [-0.05, 0) is 52.4 Å². The molecular formula is C27H28N2O3S. The average Bonchev–Trinajstić information content (AvgIpc) is 2.79. The summed E-state index contributed by atoms with van der Waals surface area (Å²) in [7, 11) is 3.69. The first-order valence-electron chi connectivity index (χ1n) is 10.7. The highest BCUT2D eigenvalue weighted by Gasteiger charge is 2.23. The summed E-state index contributed by atoms with van der Waals surface area (Å²) < 4.78 is 33.8. The molecule has 0 aromatic heterocycles. The highest BCUT2D eigenvalue weighted by atomic mass is 32.2. The third-order valence-electron chi connectivity index (χ3n) is 5.99. The van der Waals surface area contributed by atoms with Crippen LogP contribution < -0.4 is 9.80 Å². The Morgan fingerprint density at radius 2 is 1.09 bits per heavy atom. The molecule has 0 aliphatic rings. The maximum atomic E-state index is 12.0. The van der Waals surface area contributed by atoms with Crippen LogP contribution in [-0.2, 0) is 10.1 Å². The van der Waals surface area contributed by atoms with Crippen LogP contribution in [0.2, 0.25) is 0 Å². The average molecular weight is 461 g/mol. The number of hydrogen-bond acceptors (Lipinski definition) is 4. The molecule has 170 valence electrons. The van der Waals surface area contributed by atoms with Crippen LogP contribution in [0.4, 0.5) is 11.4 Å². The van der Waals surface area contributed by atoms with E-state index in [0.717, 1.165) is 33.5 Å². The Hall–Kier alpha value is -3.35. The van der Waals surface area contributed by atoms with Gasteiger partial charge in [-0.25, -0.2) is 0 Å². The first-order chi connectivity index (χ1) is 15.7. The number of hydrogen-bond donors (Lipinski definition) is 1. The summed E-state index contributed by atoms with van der Waals surface area (Å²) in [5.41, 5.74) is 5.39. The maximum absolute atomic E-state index is 12.0. The van der Waals surface area contributed by atoms with Gasteiger partial charge >= 0.3 is 0 Å². The molecule has 33 heavy (non-hydrogen) atoms. The van der Waals surface area contributed by atoms with E-state index in [9.17, 15) is 13.0 Å². The quantitative estimate of drug-likeness (QED) is 0.308. The van der Waals surface area contributed by atoms with E-state index in [1.807, 2.05) is 46.4 Å². The lowest BCUT2D eigenvalue weighted by Gasteiger charge is -2.23. The fourth-order valence-electron chi connectivity index (χ4n) is 4.25. The predicted octanol–water partition coefficient (Wildman–Crippen LogP) is 5.40. The van der Waals surface area contributed by atoms with Crippen LogP contribution in [0.15, 0.2) is 89.8 Å². The van der Waals surface area contributed by atoms with Crippen molar-refractivity contribution in [2.75, 3.05) is 38.0 Å². The van der Waals surface area contributed by atoms with Gasteiger partial charge < -0.3 is 9.80 Å². The van der Waals surface area contributed by atoms with Crippen molar-refractivity contribution in [3.05, 3.63) is 102 Å². The number of nitrogens with zero attached hydrogens (tertiary/aromatic N) is 2. The summed E-state index contributed by atoms with van der Waals surface area (Å²) in [6.45, 7) is 0. The molecule has 0 unspecified atom stereocenters. The lowest BCUT2D eigenvalue weighted by Crippen LogP contribution is -2.11. The second-order valence-corrected chi connectivity index (χ2v) is 9.97. The van der Waals surface area contributed by atoms with Gasteiger partial charge in [0, 0.05) is 50.9 Å². The molecule has 6 heteroatoms. The molecule has 0 heterocycles. The molecule has 0 aliphatic heterocycles. The Kier molecular flexibility index (Phi) is 6.15. The molecule has 0 saturated carbocycles. The topological polar surface area (TPSA) is 60.9 Å². The van der Waals surface area contributed by atoms with Crippen molar-refractivity contribution in [1.29, 1.82) is 0 Å². The Bertz CT molecular complexity index is 1330. The van der Waals surface area contributed by atoms with Crippen molar-refractivity contribution in [3.63, 3.8) is 0 Å². The standard InChI is InChI=1S/C27H28N2O3S/c1-28(2)21-13-9-19(10-14-21)27(20-11-15-22(16-12-20)29(3)4)25-17-18-26(33(30,31)32)24-8-6-5-7-23(24)25/h5-18,27H,1-4H3,(H,30,31,32). The molecular weight excluding hydrogens is 432 g/mol. The molecule has 4 aromatic rings. The van der Waals surface area contributed by atoms with Crippen LogP contribution in [0.3, 0.4) is 0 Å². The Morgan fingerprint density at radius 1 is 0.636 bits per heavy atom. The first-order valence-corrected chi connectivity index (χ1v) is 12.1. The molecule has 4 aromatic carbocycles. The minimum atomic E-state index is -4.34. The number of benzene rings is 4. The third-order valence-corrected chi connectivity index (χ3v) is 6.90. The zero-order chi connectivity index (χ0) is 23.8. The molecule has 0 bridgehead atoms. The van der Waals surface area contributed by atoms with Crippen LogP contribution in [-0.4, -0.2) is 41.2 Å². The molecule has 0 fully saturated rings. The summed E-state index contributed by atoms with van der Waals surface area (Å²) >= 11 is 0. The highest BCUT2D eigenvalue weighted by molar-refractivity contribution is 7.86. The molecule has 5 nitrogen and oxygen atoms in total. The molecule has 1 N–H and O–H groups in total. The van der Waals surface area contributed by atoms with Crippen LogP contribution in [0.25, 0.3) is 10.8 Å². The number of anilines is 2. The van der Waals surface area contributed by atoms with Gasteiger partial charge in [0.2, 0.25) is 0 Å². The lowest BCUT2D eigenvalue weighted by molar-refractivity contribution is 0.484. The predicted molar refractivity (Wildman–Crippen MR) is 136 cm³/mol. The SMILES string of the molecule is CN(C)c1ccc(C(c2ccc(N(C)C)cc2)c2ccc(S(=O)(=O)O)c3ccccc23)cc1. The van der Waals surface area contributed by atoms with E-state index >= 15 is 0 Å². The third kappa shape index (κ3) is 4.58. The maximum Gasteiger partial charge on any atom is 0.295 e. The smallest absolute Gasteiger partial charge is 0.295 e. The zero-order valence-electron chi connectivity index (χ0n) is 19.2. The zero-order valence-corrected chi connectivity index (χ0v) is 20.0. The van der Waals surface area contributed by atoms with Crippen molar-refractivity contribution in [2.45, 2.75) is 10.8 Å². The van der Waals surface area contributed by atoms with E-state index in [1.54, 1.807) is 12.1 Å². The first kappa shape index (κ1) is 22.8. The van der Waals surface area contributed by atoms with Crippen LogP contribution >= 0.6 is 0 Å². The molecule has 0 saturated heterocycles. The molecule has 4 rings (SSSR count). The number of fused-ring (bicyclic) bond motifs is 1. The van der Waals surface area contributed by atoms with Gasteiger partial charge in [-0.1, -0.05) is 54.6 Å². The van der Waals surface area contributed by atoms with Crippen molar-refractivity contribution < 1.29 is 13.0 Å². The normalized spacial score (nSPS) is 11.7. The van der Waals surface area contributed by atoms with Gasteiger partial charge in [-0.2, -0.15) is 8.42 Å². The van der Waals surface area contributed by atoms with Crippen molar-refractivity contribution >= 4 is 32.3 Å². The molecule has 0 spiro atoms. The van der Waals surface area contributed by atoms with Gasteiger partial charge in [0.05, 0.1) is 0 Å². The highest BCUT2D eigenvalue weighted by Crippen LogP contribution is 2.39. The summed E-state index contributed by atoms with van der Waals surface area (Å²) in [4.78, 5) is 4.04. The van der Waals surface area contributed by atoms with E-state index in [-0.39, 0.29) is 10.8 Å². The van der Waals surface area contributed by atoms with E-state index in [1.165, 1.54) is 6.07 Å². The second-order valence-electron chi connectivity index (χ2n) is 8.58. The van der Waals surface area contributed by atoms with Crippen molar-refractivity contribution in [1.82, 2.24) is 0 Å². The minimum Gasteiger partial charge on any atom is -0.378 e. The molecule has 0 aliphatic carbocycles. The number of rotatable bonds is 6. The van der Waals surface area contributed by atoms with Gasteiger partial charge in [0.1, 0.15) is 4.90 Å². The Balaban J connectivity index is 1.96. The van der Waals surface area contributed by atoms with Crippen LogP contribution in [0.1, 0.15) is 22.6 Å². The summed E-state index contributed by atoms with van der Waals surface area (Å²) in [6, 6.07) is 27.5. The second kappa shape index (κ2) is 8.89. The molecule has 0 amide bonds. The van der Waals surface area contributed by atoms with Crippen molar-refractivity contribution in [3.8, 4) is 0 Å². The fourth-order valence-corrected chi connectivity index (χ4v) is 4.95. The fraction of sp³-hybridized carbons (Fsp3) is 0.185. The summed E-state index contributed by atoms with van der Waals surface area (Å²) in [6.07, 6.45) is 0. The molecule has 0 atom stereocenters. The van der Waals surface area contributed by atoms with Crippen molar-refractivity contribution in [2.24, 2.45) is 0 Å². The molecule has 0 radical (unpaired) electrons. The van der Waals surface area contributed by atoms with E-state index in [4.69, 9.17) is 0 Å².